The molecule has 0 aliphatic carbocycles. The maximum atomic E-state index is 12.4. The zero-order chi connectivity index (χ0) is 19.8. The lowest BCUT2D eigenvalue weighted by molar-refractivity contribution is 1.000. The molecule has 1 aromatic carbocycles. The summed E-state index contributed by atoms with van der Waals surface area (Å²) in [7, 11) is 0. The van der Waals surface area contributed by atoms with Crippen molar-refractivity contribution in [2.24, 2.45) is 0 Å². The van der Waals surface area contributed by atoms with Gasteiger partial charge in [-0.25, -0.2) is 15.0 Å². The van der Waals surface area contributed by atoms with E-state index < -0.39 is 0 Å². The number of aromatic nitrogens is 4. The van der Waals surface area contributed by atoms with Crippen molar-refractivity contribution in [3.05, 3.63) is 88.7 Å². The molecule has 0 amide bonds. The first-order valence-electron chi connectivity index (χ1n) is 9.09. The van der Waals surface area contributed by atoms with E-state index in [1.54, 1.807) is 39.9 Å². The summed E-state index contributed by atoms with van der Waals surface area (Å²) in [5, 5.41) is 1.94. The van der Waals surface area contributed by atoms with Crippen molar-refractivity contribution >= 4 is 39.0 Å². The smallest absolute Gasteiger partial charge is 0.258 e. The van der Waals surface area contributed by atoms with Gasteiger partial charge in [-0.3, -0.25) is 9.20 Å². The predicted octanol–water partition coefficient (Wildman–Crippen LogP) is 4.97. The lowest BCUT2D eigenvalue weighted by Crippen LogP contribution is -2.15. The zero-order valence-corrected chi connectivity index (χ0v) is 17.2. The molecular formula is C22H16N4OS2. The van der Waals surface area contributed by atoms with Gasteiger partial charge in [0.1, 0.15) is 21.8 Å². The molecule has 0 N–H and O–H groups in total. The van der Waals surface area contributed by atoms with Crippen molar-refractivity contribution in [2.75, 3.05) is 0 Å². The Kier molecular flexibility index (Phi) is 4.61. The van der Waals surface area contributed by atoms with Crippen LogP contribution in [-0.4, -0.2) is 19.4 Å². The summed E-state index contributed by atoms with van der Waals surface area (Å²) in [6, 6.07) is 17.8. The Morgan fingerprint density at radius 2 is 1.93 bits per heavy atom. The maximum Gasteiger partial charge on any atom is 0.258 e. The lowest BCUT2D eigenvalue weighted by Gasteiger charge is -2.05. The Balaban J connectivity index is 1.46. The average Bonchev–Trinajstić information content (AvgIpc) is 3.18. The second-order valence-electron chi connectivity index (χ2n) is 6.68. The molecule has 142 valence electrons. The molecule has 5 aromatic rings. The summed E-state index contributed by atoms with van der Waals surface area (Å²) in [6.07, 6.45) is 3.41. The van der Waals surface area contributed by atoms with Crippen LogP contribution in [0.4, 0.5) is 0 Å². The average molecular weight is 417 g/mol. The van der Waals surface area contributed by atoms with E-state index in [9.17, 15) is 4.79 Å². The van der Waals surface area contributed by atoms with Crippen molar-refractivity contribution < 1.29 is 0 Å². The van der Waals surface area contributed by atoms with Gasteiger partial charge in [0.25, 0.3) is 5.56 Å². The highest BCUT2D eigenvalue weighted by atomic mass is 32.2. The van der Waals surface area contributed by atoms with Gasteiger partial charge in [0.2, 0.25) is 0 Å². The summed E-state index contributed by atoms with van der Waals surface area (Å²) < 4.78 is 1.58. The van der Waals surface area contributed by atoms with Crippen molar-refractivity contribution in [1.29, 1.82) is 0 Å². The third-order valence-electron chi connectivity index (χ3n) is 4.57. The van der Waals surface area contributed by atoms with E-state index in [2.05, 4.69) is 33.2 Å². The Morgan fingerprint density at radius 1 is 1.07 bits per heavy atom. The lowest BCUT2D eigenvalue weighted by atomic mass is 10.2. The number of benzene rings is 1. The molecule has 0 atom stereocenters. The van der Waals surface area contributed by atoms with Gasteiger partial charge in [0.05, 0.1) is 5.69 Å². The standard InChI is InChI=1S/C22H16N4OS2/c1-14-7-8-19-25-16(9-20(27)26(19)11-14)12-28-21-17-10-18(15-5-3-2-4-6-15)29-22(17)24-13-23-21/h2-11,13H,12H2,1H3. The van der Waals surface area contributed by atoms with Gasteiger partial charge in [-0.05, 0) is 30.2 Å². The molecule has 7 heteroatoms. The van der Waals surface area contributed by atoms with Crippen LogP contribution in [0.5, 0.6) is 0 Å². The van der Waals surface area contributed by atoms with Gasteiger partial charge in [0.15, 0.2) is 0 Å². The number of rotatable bonds is 4. The number of nitrogens with zero attached hydrogens (tertiary/aromatic N) is 4. The van der Waals surface area contributed by atoms with Gasteiger partial charge in [-0.1, -0.05) is 48.2 Å². The molecule has 5 rings (SSSR count). The highest BCUT2D eigenvalue weighted by Crippen LogP contribution is 2.36. The van der Waals surface area contributed by atoms with Crippen LogP contribution < -0.4 is 5.56 Å². The van der Waals surface area contributed by atoms with Crippen LogP contribution in [0.25, 0.3) is 26.3 Å². The van der Waals surface area contributed by atoms with Crippen LogP contribution in [-0.2, 0) is 5.75 Å². The number of aryl methyl sites for hydroxylation is 1. The van der Waals surface area contributed by atoms with Crippen molar-refractivity contribution in [1.82, 2.24) is 19.4 Å². The number of fused-ring (bicyclic) bond motifs is 2. The largest absolute Gasteiger partial charge is 0.269 e. The maximum absolute atomic E-state index is 12.4. The van der Waals surface area contributed by atoms with Gasteiger partial charge in [-0.2, -0.15) is 0 Å². The number of hydrogen-bond acceptors (Lipinski definition) is 6. The van der Waals surface area contributed by atoms with E-state index in [4.69, 9.17) is 0 Å². The quantitative estimate of drug-likeness (QED) is 0.306. The molecule has 0 fully saturated rings. The van der Waals surface area contributed by atoms with E-state index in [1.807, 2.05) is 43.5 Å². The van der Waals surface area contributed by atoms with Gasteiger partial charge >= 0.3 is 0 Å². The molecule has 0 radical (unpaired) electrons. The topological polar surface area (TPSA) is 60.2 Å². The second-order valence-corrected chi connectivity index (χ2v) is 8.68. The van der Waals surface area contributed by atoms with Crippen LogP contribution in [0.2, 0.25) is 0 Å². The van der Waals surface area contributed by atoms with E-state index >= 15 is 0 Å². The van der Waals surface area contributed by atoms with E-state index in [-0.39, 0.29) is 5.56 Å². The number of hydrogen-bond donors (Lipinski definition) is 0. The zero-order valence-electron chi connectivity index (χ0n) is 15.6. The molecule has 0 aliphatic rings. The fraction of sp³-hybridized carbons (Fsp3) is 0.0909. The van der Waals surface area contributed by atoms with Crippen LogP contribution in [0.3, 0.4) is 0 Å². The molecule has 0 spiro atoms. The summed E-state index contributed by atoms with van der Waals surface area (Å²) >= 11 is 3.24. The van der Waals surface area contributed by atoms with Crippen LogP contribution in [0.1, 0.15) is 11.3 Å². The van der Waals surface area contributed by atoms with Crippen molar-refractivity contribution in [3.8, 4) is 10.4 Å². The second kappa shape index (κ2) is 7.42. The van der Waals surface area contributed by atoms with Gasteiger partial charge in [0, 0.05) is 28.3 Å². The first-order chi connectivity index (χ1) is 14.2. The highest BCUT2D eigenvalue weighted by molar-refractivity contribution is 7.98. The van der Waals surface area contributed by atoms with Crippen LogP contribution in [0, 0.1) is 6.92 Å². The molecule has 29 heavy (non-hydrogen) atoms. The van der Waals surface area contributed by atoms with Crippen LogP contribution >= 0.6 is 23.1 Å². The Bertz CT molecular complexity index is 1390. The van der Waals surface area contributed by atoms with E-state index in [0.29, 0.717) is 11.4 Å². The van der Waals surface area contributed by atoms with Crippen molar-refractivity contribution in [2.45, 2.75) is 17.7 Å². The third-order valence-corrected chi connectivity index (χ3v) is 6.70. The molecule has 4 aromatic heterocycles. The minimum absolute atomic E-state index is 0.0657. The first kappa shape index (κ1) is 18.0. The number of thiophene rings is 1. The van der Waals surface area contributed by atoms with E-state index in [1.165, 1.54) is 10.4 Å². The van der Waals surface area contributed by atoms with Crippen LogP contribution in [0.15, 0.2) is 76.9 Å². The molecule has 5 nitrogen and oxygen atoms in total. The molecular weight excluding hydrogens is 400 g/mol. The minimum Gasteiger partial charge on any atom is -0.269 e. The monoisotopic (exact) mass is 416 g/mol. The SMILES string of the molecule is Cc1ccc2nc(CSc3ncnc4sc(-c5ccccc5)cc34)cc(=O)n2c1. The van der Waals surface area contributed by atoms with Gasteiger partial charge in [-0.15, -0.1) is 11.3 Å². The third kappa shape index (κ3) is 3.54. The molecule has 4 heterocycles. The fourth-order valence-corrected chi connectivity index (χ4v) is 5.10. The summed E-state index contributed by atoms with van der Waals surface area (Å²) in [5.41, 5.74) is 3.54. The normalized spacial score (nSPS) is 11.3. The van der Waals surface area contributed by atoms with E-state index in [0.717, 1.165) is 26.5 Å². The predicted molar refractivity (Wildman–Crippen MR) is 119 cm³/mol. The Morgan fingerprint density at radius 3 is 2.79 bits per heavy atom. The van der Waals surface area contributed by atoms with Crippen molar-refractivity contribution in [3.63, 3.8) is 0 Å². The Hall–Kier alpha value is -3.03. The summed E-state index contributed by atoms with van der Waals surface area (Å²) in [6.45, 7) is 1.96. The number of pyridine rings is 1. The molecule has 0 aliphatic heterocycles. The van der Waals surface area contributed by atoms with Gasteiger partial charge < -0.3 is 0 Å². The molecule has 0 saturated carbocycles. The molecule has 0 unspecified atom stereocenters. The Labute approximate surface area is 175 Å². The molecule has 0 bridgehead atoms. The first-order valence-corrected chi connectivity index (χ1v) is 10.9. The highest BCUT2D eigenvalue weighted by Gasteiger charge is 2.12. The summed E-state index contributed by atoms with van der Waals surface area (Å²) in [4.78, 5) is 28.1. The summed E-state index contributed by atoms with van der Waals surface area (Å²) in [5.74, 6) is 0.572. The number of thioether (sulfide) groups is 1. The fourth-order valence-electron chi connectivity index (χ4n) is 3.17. The minimum atomic E-state index is -0.0657. The molecule has 0 saturated heterocycles.